The van der Waals surface area contributed by atoms with Gasteiger partial charge in [0.25, 0.3) is 0 Å². The zero-order valence-electron chi connectivity index (χ0n) is 7.01. The van der Waals surface area contributed by atoms with Crippen LogP contribution < -0.4 is 5.73 Å². The summed E-state index contributed by atoms with van der Waals surface area (Å²) in [4.78, 5) is 11.0. The number of hydrogen-bond donors (Lipinski definition) is 1. The number of nitrogens with two attached hydrogens (primary N) is 1. The fourth-order valence-electron chi connectivity index (χ4n) is 1.36. The van der Waals surface area contributed by atoms with E-state index in [0.29, 0.717) is 6.42 Å². The van der Waals surface area contributed by atoms with E-state index in [1.165, 1.54) is 0 Å². The lowest BCUT2D eigenvalue weighted by atomic mass is 9.93. The second-order valence-electron chi connectivity index (χ2n) is 3.74. The highest BCUT2D eigenvalue weighted by Crippen LogP contribution is 2.31. The summed E-state index contributed by atoms with van der Waals surface area (Å²) in [6.07, 6.45) is 0.596. The van der Waals surface area contributed by atoms with Gasteiger partial charge in [-0.2, -0.15) is 0 Å². The van der Waals surface area contributed by atoms with E-state index >= 15 is 0 Å². The molecule has 3 nitrogen and oxygen atoms in total. The first kappa shape index (κ1) is 10.7. The summed E-state index contributed by atoms with van der Waals surface area (Å²) in [6, 6.07) is 0. The molecule has 1 saturated heterocycles. The summed E-state index contributed by atoms with van der Waals surface area (Å²) < 4.78 is 5.00. The van der Waals surface area contributed by atoms with E-state index in [4.69, 9.17) is 10.5 Å². The van der Waals surface area contributed by atoms with Crippen LogP contribution in [0, 0.1) is 0 Å². The van der Waals surface area contributed by atoms with Crippen LogP contribution in [0.25, 0.3) is 0 Å². The van der Waals surface area contributed by atoms with Crippen LogP contribution >= 0.6 is 12.4 Å². The SMILES string of the molecule is CC1(C)CC(C)(N)C(=O)O1.Cl. The smallest absolute Gasteiger partial charge is 0.326 e. The fourth-order valence-corrected chi connectivity index (χ4v) is 1.36. The van der Waals surface area contributed by atoms with Crippen molar-refractivity contribution in [1.82, 2.24) is 0 Å². The average molecular weight is 180 g/mol. The van der Waals surface area contributed by atoms with E-state index in [1.807, 2.05) is 13.8 Å². The van der Waals surface area contributed by atoms with Gasteiger partial charge in [0.1, 0.15) is 11.1 Å². The number of hydrogen-bond acceptors (Lipinski definition) is 3. The van der Waals surface area contributed by atoms with Gasteiger partial charge in [0.05, 0.1) is 0 Å². The van der Waals surface area contributed by atoms with Crippen molar-refractivity contribution < 1.29 is 9.53 Å². The second kappa shape index (κ2) is 2.64. The van der Waals surface area contributed by atoms with Gasteiger partial charge < -0.3 is 10.5 Å². The van der Waals surface area contributed by atoms with E-state index < -0.39 is 5.54 Å². The third kappa shape index (κ3) is 2.07. The van der Waals surface area contributed by atoms with Crippen molar-refractivity contribution in [3.05, 3.63) is 0 Å². The first-order valence-electron chi connectivity index (χ1n) is 3.36. The van der Waals surface area contributed by atoms with Gasteiger partial charge in [-0.3, -0.25) is 4.79 Å². The third-order valence-electron chi connectivity index (χ3n) is 1.63. The number of halogens is 1. The minimum Gasteiger partial charge on any atom is -0.458 e. The molecule has 0 bridgehead atoms. The van der Waals surface area contributed by atoms with Crippen LogP contribution in [0.2, 0.25) is 0 Å². The molecule has 1 unspecified atom stereocenters. The van der Waals surface area contributed by atoms with Gasteiger partial charge in [0.2, 0.25) is 0 Å². The zero-order chi connectivity index (χ0) is 7.99. The largest absolute Gasteiger partial charge is 0.458 e. The minimum atomic E-state index is -0.774. The van der Waals surface area contributed by atoms with E-state index in [2.05, 4.69) is 0 Å². The number of carbonyl (C=O) groups excluding carboxylic acids is 1. The average Bonchev–Trinajstić information content (AvgIpc) is 1.73. The maximum atomic E-state index is 11.0. The molecule has 0 saturated carbocycles. The molecule has 1 rings (SSSR count). The zero-order valence-corrected chi connectivity index (χ0v) is 7.83. The van der Waals surface area contributed by atoms with Gasteiger partial charge in [-0.1, -0.05) is 0 Å². The lowest BCUT2D eigenvalue weighted by molar-refractivity contribution is -0.148. The highest BCUT2D eigenvalue weighted by molar-refractivity contribution is 5.85. The molecule has 1 fully saturated rings. The van der Waals surface area contributed by atoms with Crippen LogP contribution in [-0.2, 0) is 9.53 Å². The monoisotopic (exact) mass is 179 g/mol. The Morgan fingerprint density at radius 1 is 1.45 bits per heavy atom. The van der Waals surface area contributed by atoms with Crippen molar-refractivity contribution in [1.29, 1.82) is 0 Å². The van der Waals surface area contributed by atoms with Gasteiger partial charge in [0, 0.05) is 6.42 Å². The van der Waals surface area contributed by atoms with Gasteiger partial charge in [-0.05, 0) is 20.8 Å². The molecule has 11 heavy (non-hydrogen) atoms. The van der Waals surface area contributed by atoms with E-state index in [9.17, 15) is 4.79 Å². The van der Waals surface area contributed by atoms with Crippen molar-refractivity contribution in [2.45, 2.75) is 38.3 Å². The van der Waals surface area contributed by atoms with Crippen molar-refractivity contribution in [3.8, 4) is 0 Å². The molecule has 1 atom stereocenters. The normalized spacial score (nSPS) is 34.4. The van der Waals surface area contributed by atoms with Crippen LogP contribution in [0.1, 0.15) is 27.2 Å². The van der Waals surface area contributed by atoms with Gasteiger partial charge in [-0.25, -0.2) is 0 Å². The van der Waals surface area contributed by atoms with Gasteiger partial charge >= 0.3 is 5.97 Å². The van der Waals surface area contributed by atoms with Gasteiger partial charge in [0.15, 0.2) is 0 Å². The lowest BCUT2D eigenvalue weighted by Gasteiger charge is -2.15. The molecule has 2 N–H and O–H groups in total. The predicted molar refractivity (Wildman–Crippen MR) is 44.6 cm³/mol. The molecule has 0 aliphatic carbocycles. The standard InChI is InChI=1S/C7H13NO2.ClH/c1-6(2)4-7(3,8)5(9)10-6;/h4,8H2,1-3H3;1H. The molecule has 1 aliphatic heterocycles. The second-order valence-corrected chi connectivity index (χ2v) is 3.74. The number of carbonyl (C=O) groups is 1. The molecule has 1 aliphatic rings. The Bertz CT molecular complexity index is 177. The summed E-state index contributed by atoms with van der Waals surface area (Å²) >= 11 is 0. The molecular formula is C7H14ClNO2. The van der Waals surface area contributed by atoms with Crippen molar-refractivity contribution in [2.24, 2.45) is 5.73 Å². The Kier molecular flexibility index (Phi) is 2.58. The number of cyclic esters (lactones) is 1. The first-order valence-corrected chi connectivity index (χ1v) is 3.36. The van der Waals surface area contributed by atoms with Crippen LogP contribution in [0.3, 0.4) is 0 Å². The predicted octanol–water partition coefficient (Wildman–Crippen LogP) is 0.851. The summed E-state index contributed by atoms with van der Waals surface area (Å²) in [7, 11) is 0. The highest BCUT2D eigenvalue weighted by atomic mass is 35.5. The molecule has 0 amide bonds. The van der Waals surface area contributed by atoms with Crippen molar-refractivity contribution in [2.75, 3.05) is 0 Å². The van der Waals surface area contributed by atoms with Crippen LogP contribution in [0.5, 0.6) is 0 Å². The lowest BCUT2D eigenvalue weighted by Crippen LogP contribution is -2.41. The third-order valence-corrected chi connectivity index (χ3v) is 1.63. The summed E-state index contributed by atoms with van der Waals surface area (Å²) in [5, 5.41) is 0. The van der Waals surface area contributed by atoms with E-state index in [0.717, 1.165) is 0 Å². The molecular weight excluding hydrogens is 166 g/mol. The molecule has 1 heterocycles. The Balaban J connectivity index is 0.000001000. The maximum Gasteiger partial charge on any atom is 0.326 e. The summed E-state index contributed by atoms with van der Waals surface area (Å²) in [5.74, 6) is -0.294. The Morgan fingerprint density at radius 2 is 1.91 bits per heavy atom. The van der Waals surface area contributed by atoms with E-state index in [-0.39, 0.29) is 24.0 Å². The Hall–Kier alpha value is -0.280. The Morgan fingerprint density at radius 3 is 2.00 bits per heavy atom. The molecule has 0 radical (unpaired) electrons. The molecule has 0 aromatic heterocycles. The molecule has 0 aromatic carbocycles. The van der Waals surface area contributed by atoms with Crippen molar-refractivity contribution in [3.63, 3.8) is 0 Å². The summed E-state index contributed by atoms with van der Waals surface area (Å²) in [5.41, 5.74) is 4.47. The van der Waals surface area contributed by atoms with Crippen LogP contribution in [-0.4, -0.2) is 17.1 Å². The number of ether oxygens (including phenoxy) is 1. The molecule has 0 aromatic rings. The maximum absolute atomic E-state index is 11.0. The Labute approximate surface area is 72.7 Å². The quantitative estimate of drug-likeness (QED) is 0.561. The minimum absolute atomic E-state index is 0. The topological polar surface area (TPSA) is 52.3 Å². The molecule has 0 spiro atoms. The van der Waals surface area contributed by atoms with E-state index in [1.54, 1.807) is 6.92 Å². The van der Waals surface area contributed by atoms with Gasteiger partial charge in [-0.15, -0.1) is 12.4 Å². The number of esters is 1. The molecule has 66 valence electrons. The van der Waals surface area contributed by atoms with Crippen LogP contribution in [0.4, 0.5) is 0 Å². The molecule has 4 heteroatoms. The fraction of sp³-hybridized carbons (Fsp3) is 0.857. The number of rotatable bonds is 0. The van der Waals surface area contributed by atoms with Crippen LogP contribution in [0.15, 0.2) is 0 Å². The van der Waals surface area contributed by atoms with Crippen molar-refractivity contribution >= 4 is 18.4 Å². The first-order chi connectivity index (χ1) is 4.33. The summed E-state index contributed by atoms with van der Waals surface area (Å²) in [6.45, 7) is 5.43. The highest BCUT2D eigenvalue weighted by Gasteiger charge is 2.46.